The van der Waals surface area contributed by atoms with E-state index in [0.29, 0.717) is 17.7 Å². The molecule has 0 spiro atoms. The van der Waals surface area contributed by atoms with Gasteiger partial charge in [-0.3, -0.25) is 15.4 Å². The van der Waals surface area contributed by atoms with Crippen molar-refractivity contribution in [3.63, 3.8) is 0 Å². The van der Waals surface area contributed by atoms with Gasteiger partial charge in [0.15, 0.2) is 9.84 Å². The predicted molar refractivity (Wildman–Crippen MR) is 98.8 cm³/mol. The Labute approximate surface area is 162 Å². The summed E-state index contributed by atoms with van der Waals surface area (Å²) >= 11 is 0. The van der Waals surface area contributed by atoms with E-state index in [2.05, 4.69) is 37.8 Å². The number of sulfone groups is 1. The lowest BCUT2D eigenvalue weighted by molar-refractivity contribution is -0.122. The van der Waals surface area contributed by atoms with Gasteiger partial charge < -0.3 is 10.1 Å². The van der Waals surface area contributed by atoms with Gasteiger partial charge in [-0.05, 0) is 6.92 Å². The maximum atomic E-state index is 12.8. The third-order valence-corrected chi connectivity index (χ3v) is 6.50. The molecule has 2 atom stereocenters. The summed E-state index contributed by atoms with van der Waals surface area (Å²) < 4.78 is 30.5. The van der Waals surface area contributed by atoms with E-state index in [0.717, 1.165) is 0 Å². The van der Waals surface area contributed by atoms with Gasteiger partial charge in [0.1, 0.15) is 10.9 Å². The molecule has 1 fully saturated rings. The summed E-state index contributed by atoms with van der Waals surface area (Å²) in [7, 11) is -2.28. The molecule has 1 aromatic rings. The second-order valence-electron chi connectivity index (χ2n) is 6.59. The number of aromatic nitrogens is 2. The molecule has 0 saturated carbocycles. The monoisotopic (exact) mass is 405 g/mol. The van der Waals surface area contributed by atoms with E-state index < -0.39 is 38.4 Å². The van der Waals surface area contributed by atoms with Gasteiger partial charge in [0.2, 0.25) is 0 Å². The van der Waals surface area contributed by atoms with Gasteiger partial charge in [0.05, 0.1) is 18.4 Å². The molecule has 2 unspecified atom stereocenters. The quantitative estimate of drug-likeness (QED) is 0.432. The van der Waals surface area contributed by atoms with Crippen molar-refractivity contribution in [3.8, 4) is 17.9 Å². The van der Waals surface area contributed by atoms with Crippen LogP contribution >= 0.6 is 0 Å². The lowest BCUT2D eigenvalue weighted by Crippen LogP contribution is -2.53. The van der Waals surface area contributed by atoms with Gasteiger partial charge in [0, 0.05) is 30.9 Å². The molecule has 1 aromatic heterocycles. The summed E-state index contributed by atoms with van der Waals surface area (Å²) in [6, 6.07) is -0.471. The van der Waals surface area contributed by atoms with Crippen LogP contribution in [-0.2, 0) is 14.6 Å². The largest absolute Gasteiger partial charge is 0.467 e. The summed E-state index contributed by atoms with van der Waals surface area (Å²) in [5.41, 5.74) is -0.281. The Balaban J connectivity index is 1.70. The highest BCUT2D eigenvalue weighted by Gasteiger charge is 2.47. The molecular formula is C17H19N5O5S. The normalized spacial score (nSPS) is 24.5. The molecule has 1 saturated heterocycles. The van der Waals surface area contributed by atoms with Crippen molar-refractivity contribution in [2.24, 2.45) is 0 Å². The first kappa shape index (κ1) is 19.8. The number of amides is 3. The second-order valence-corrected chi connectivity index (χ2v) is 8.77. The average molecular weight is 405 g/mol. The lowest BCUT2D eigenvalue weighted by atomic mass is 10.1. The van der Waals surface area contributed by atoms with Crippen LogP contribution in [0.25, 0.3) is 0 Å². The fourth-order valence-electron chi connectivity index (χ4n) is 2.85. The molecule has 11 heteroatoms. The van der Waals surface area contributed by atoms with Gasteiger partial charge >= 0.3 is 12.0 Å². The van der Waals surface area contributed by atoms with Crippen LogP contribution in [-0.4, -0.2) is 60.6 Å². The molecule has 0 radical (unpaired) electrons. The summed E-state index contributed by atoms with van der Waals surface area (Å²) in [6.07, 6.45) is 4.97. The molecule has 28 heavy (non-hydrogen) atoms. The van der Waals surface area contributed by atoms with Crippen molar-refractivity contribution in [1.29, 1.82) is 0 Å². The van der Waals surface area contributed by atoms with E-state index in [1.807, 2.05) is 0 Å². The van der Waals surface area contributed by atoms with E-state index in [9.17, 15) is 18.0 Å². The Kier molecular flexibility index (Phi) is 5.35. The molecule has 10 nitrogen and oxygen atoms in total. The van der Waals surface area contributed by atoms with Crippen LogP contribution in [0.3, 0.4) is 0 Å². The maximum Gasteiger partial charge on any atom is 0.322 e. The molecule has 148 valence electrons. The number of nitrogens with one attached hydrogen (secondary N) is 3. The molecule has 2 aliphatic heterocycles. The summed E-state index contributed by atoms with van der Waals surface area (Å²) in [6.45, 7) is 1.70. The van der Waals surface area contributed by atoms with Crippen LogP contribution in [0.4, 0.5) is 4.79 Å². The molecule has 3 amide bonds. The van der Waals surface area contributed by atoms with E-state index in [4.69, 9.17) is 4.74 Å². The van der Waals surface area contributed by atoms with Gasteiger partial charge in [-0.1, -0.05) is 17.9 Å². The Morgan fingerprint density at radius 2 is 2.00 bits per heavy atom. The van der Waals surface area contributed by atoms with Crippen LogP contribution in [0.1, 0.15) is 18.9 Å². The molecule has 0 bridgehead atoms. The molecule has 3 rings (SSSR count). The van der Waals surface area contributed by atoms with Crippen molar-refractivity contribution in [2.45, 2.75) is 24.3 Å². The van der Waals surface area contributed by atoms with Crippen molar-refractivity contribution in [1.82, 2.24) is 25.9 Å². The number of methoxy groups -OCH3 is 1. The first-order chi connectivity index (χ1) is 13.2. The van der Waals surface area contributed by atoms with E-state index in [1.54, 1.807) is 6.08 Å². The Bertz CT molecular complexity index is 993. The second kappa shape index (κ2) is 7.57. The number of carbonyl (C=O) groups is 2. The number of nitrogens with zero attached hydrogens (tertiary/aromatic N) is 2. The highest BCUT2D eigenvalue weighted by molar-refractivity contribution is 7.92. The standard InChI is InChI=1S/C17H19N5O5S/c1-17(14(23)21-15(24)22-17)10-28(25,26)13-7-11(5-6-18-13)3-4-12-8-19-16(27-2)20-9-12/h5,8-9,13,18H,6-7,10H2,1-2H3,(H2,21,22,23,24). The van der Waals surface area contributed by atoms with Gasteiger partial charge in [-0.25, -0.2) is 23.2 Å². The Morgan fingerprint density at radius 1 is 1.29 bits per heavy atom. The number of urea groups is 1. The smallest absolute Gasteiger partial charge is 0.322 e. The molecule has 0 aliphatic carbocycles. The summed E-state index contributed by atoms with van der Waals surface area (Å²) in [5, 5.41) is 6.42. The first-order valence-corrected chi connectivity index (χ1v) is 10.1. The minimum Gasteiger partial charge on any atom is -0.467 e. The van der Waals surface area contributed by atoms with E-state index >= 15 is 0 Å². The summed E-state index contributed by atoms with van der Waals surface area (Å²) in [5.74, 6) is 4.65. The average Bonchev–Trinajstić information content (AvgIpc) is 2.91. The van der Waals surface area contributed by atoms with Crippen LogP contribution in [0.2, 0.25) is 0 Å². The first-order valence-electron chi connectivity index (χ1n) is 8.37. The number of hydrogen-bond acceptors (Lipinski definition) is 8. The fraction of sp³-hybridized carbons (Fsp3) is 0.412. The number of carbonyl (C=O) groups excluding carboxylic acids is 2. The topological polar surface area (TPSA) is 139 Å². The van der Waals surface area contributed by atoms with Crippen LogP contribution in [0.15, 0.2) is 24.0 Å². The molecular weight excluding hydrogens is 386 g/mol. The SMILES string of the molecule is COc1ncc(C#CC2=CCNC(S(=O)(=O)CC3(C)NC(=O)NC3=O)C2)cn1. The maximum absolute atomic E-state index is 12.8. The number of hydrogen-bond donors (Lipinski definition) is 3. The van der Waals surface area contributed by atoms with Gasteiger partial charge in [-0.2, -0.15) is 0 Å². The molecule has 2 aliphatic rings. The van der Waals surface area contributed by atoms with Crippen molar-refractivity contribution >= 4 is 21.8 Å². The zero-order valence-corrected chi connectivity index (χ0v) is 16.1. The Morgan fingerprint density at radius 3 is 2.61 bits per heavy atom. The molecule has 3 heterocycles. The van der Waals surface area contributed by atoms with Crippen LogP contribution in [0.5, 0.6) is 6.01 Å². The third-order valence-electron chi connectivity index (χ3n) is 4.32. The number of ether oxygens (including phenoxy) is 1. The van der Waals surface area contributed by atoms with Gasteiger partial charge in [0.25, 0.3) is 5.91 Å². The minimum atomic E-state index is -3.74. The number of rotatable bonds is 4. The third kappa shape index (κ3) is 4.29. The molecule has 3 N–H and O–H groups in total. The fourth-order valence-corrected chi connectivity index (χ4v) is 4.84. The zero-order chi connectivity index (χ0) is 20.4. The lowest BCUT2D eigenvalue weighted by Gasteiger charge is -2.27. The number of imide groups is 1. The summed E-state index contributed by atoms with van der Waals surface area (Å²) in [4.78, 5) is 31.2. The minimum absolute atomic E-state index is 0.151. The van der Waals surface area contributed by atoms with Crippen molar-refractivity contribution in [2.75, 3.05) is 19.4 Å². The molecule has 0 aromatic carbocycles. The van der Waals surface area contributed by atoms with Crippen LogP contribution < -0.4 is 20.7 Å². The van der Waals surface area contributed by atoms with E-state index in [-0.39, 0.29) is 12.4 Å². The zero-order valence-electron chi connectivity index (χ0n) is 15.3. The Hall–Kier alpha value is -2.97. The highest BCUT2D eigenvalue weighted by atomic mass is 32.2. The van der Waals surface area contributed by atoms with Crippen LogP contribution in [0, 0.1) is 11.8 Å². The van der Waals surface area contributed by atoms with Crippen molar-refractivity contribution < 1.29 is 22.7 Å². The van der Waals surface area contributed by atoms with Gasteiger partial charge in [-0.15, -0.1) is 0 Å². The predicted octanol–water partition coefficient (Wildman–Crippen LogP) is -0.905. The van der Waals surface area contributed by atoms with Crippen molar-refractivity contribution in [3.05, 3.63) is 29.6 Å². The van der Waals surface area contributed by atoms with E-state index in [1.165, 1.54) is 26.4 Å². The highest BCUT2D eigenvalue weighted by Crippen LogP contribution is 2.20.